The minimum absolute atomic E-state index is 0.0405. The minimum atomic E-state index is -0.369. The molecule has 0 bridgehead atoms. The van der Waals surface area contributed by atoms with Gasteiger partial charge in [-0.25, -0.2) is 0 Å². The molecule has 0 saturated carbocycles. The quantitative estimate of drug-likeness (QED) is 0.777. The highest BCUT2D eigenvalue weighted by atomic mass is 16.6. The van der Waals surface area contributed by atoms with Gasteiger partial charge in [-0.15, -0.1) is 0 Å². The summed E-state index contributed by atoms with van der Waals surface area (Å²) in [6.45, 7) is 1.83. The summed E-state index contributed by atoms with van der Waals surface area (Å²) in [7, 11) is 3.38. The van der Waals surface area contributed by atoms with Crippen LogP contribution in [0.15, 0.2) is 42.5 Å². The molecule has 2 amide bonds. The van der Waals surface area contributed by atoms with Crippen molar-refractivity contribution in [1.82, 2.24) is 4.90 Å². The number of benzene rings is 2. The van der Waals surface area contributed by atoms with Crippen LogP contribution >= 0.6 is 0 Å². The number of methoxy groups -OCH3 is 1. The van der Waals surface area contributed by atoms with E-state index in [0.717, 1.165) is 17.0 Å². The predicted molar refractivity (Wildman–Crippen MR) is 107 cm³/mol. The fourth-order valence-corrected chi connectivity index (χ4v) is 3.76. The second-order valence-corrected chi connectivity index (χ2v) is 7.28. The standard InChI is InChI=1S/C22H24N2O5/c1-23(13-15-4-3-5-18(10-15)27-2)22(26)16-11-21(25)24(14-16)17-6-7-19-20(12-17)29-9-8-28-19/h3-7,10,12,16H,8-9,11,13-14H2,1-2H3/t16-/m0/s1. The van der Waals surface area contributed by atoms with Crippen molar-refractivity contribution in [2.75, 3.05) is 38.8 Å². The molecule has 2 heterocycles. The Bertz CT molecular complexity index is 929. The smallest absolute Gasteiger partial charge is 0.228 e. The van der Waals surface area contributed by atoms with E-state index < -0.39 is 0 Å². The van der Waals surface area contributed by atoms with Gasteiger partial charge in [-0.05, 0) is 29.8 Å². The Morgan fingerprint density at radius 1 is 1.17 bits per heavy atom. The summed E-state index contributed by atoms with van der Waals surface area (Å²) in [4.78, 5) is 28.8. The molecule has 7 nitrogen and oxygen atoms in total. The maximum absolute atomic E-state index is 12.9. The predicted octanol–water partition coefficient (Wildman–Crippen LogP) is 2.48. The first-order chi connectivity index (χ1) is 14.0. The van der Waals surface area contributed by atoms with E-state index in [1.165, 1.54) is 0 Å². The van der Waals surface area contributed by atoms with Crippen LogP contribution in [0.1, 0.15) is 12.0 Å². The molecule has 1 fully saturated rings. The third-order valence-corrected chi connectivity index (χ3v) is 5.24. The van der Waals surface area contributed by atoms with E-state index in [2.05, 4.69) is 0 Å². The average Bonchev–Trinajstić information content (AvgIpc) is 3.14. The van der Waals surface area contributed by atoms with Gasteiger partial charge < -0.3 is 24.0 Å². The molecule has 1 atom stereocenters. The van der Waals surface area contributed by atoms with Gasteiger partial charge in [-0.2, -0.15) is 0 Å². The number of nitrogens with zero attached hydrogens (tertiary/aromatic N) is 2. The summed E-state index contributed by atoms with van der Waals surface area (Å²) < 4.78 is 16.4. The van der Waals surface area contributed by atoms with Gasteiger partial charge in [0.15, 0.2) is 11.5 Å². The third-order valence-electron chi connectivity index (χ3n) is 5.24. The van der Waals surface area contributed by atoms with Crippen molar-refractivity contribution in [3.63, 3.8) is 0 Å². The Labute approximate surface area is 169 Å². The number of hydrogen-bond acceptors (Lipinski definition) is 5. The first-order valence-corrected chi connectivity index (χ1v) is 9.63. The first-order valence-electron chi connectivity index (χ1n) is 9.63. The molecule has 29 heavy (non-hydrogen) atoms. The van der Waals surface area contributed by atoms with Crippen LogP contribution in [0.5, 0.6) is 17.2 Å². The Morgan fingerprint density at radius 3 is 2.76 bits per heavy atom. The normalized spacial score (nSPS) is 17.9. The first kappa shape index (κ1) is 19.1. The molecule has 0 unspecified atom stereocenters. The fourth-order valence-electron chi connectivity index (χ4n) is 3.76. The van der Waals surface area contributed by atoms with Crippen LogP contribution in [-0.2, 0) is 16.1 Å². The highest BCUT2D eigenvalue weighted by Gasteiger charge is 2.37. The van der Waals surface area contributed by atoms with Crippen LogP contribution in [-0.4, -0.2) is 50.6 Å². The van der Waals surface area contributed by atoms with E-state index in [9.17, 15) is 9.59 Å². The van der Waals surface area contributed by atoms with Gasteiger partial charge in [0.25, 0.3) is 0 Å². The van der Waals surface area contributed by atoms with Crippen molar-refractivity contribution < 1.29 is 23.8 Å². The molecule has 0 radical (unpaired) electrons. The van der Waals surface area contributed by atoms with Crippen molar-refractivity contribution in [2.24, 2.45) is 5.92 Å². The molecule has 4 rings (SSSR count). The molecule has 2 aliphatic heterocycles. The number of carbonyl (C=O) groups excluding carboxylic acids is 2. The van der Waals surface area contributed by atoms with Gasteiger partial charge in [-0.3, -0.25) is 9.59 Å². The van der Waals surface area contributed by atoms with Crippen LogP contribution < -0.4 is 19.1 Å². The van der Waals surface area contributed by atoms with Crippen LogP contribution in [0.25, 0.3) is 0 Å². The lowest BCUT2D eigenvalue weighted by Gasteiger charge is -2.23. The summed E-state index contributed by atoms with van der Waals surface area (Å²) in [5, 5.41) is 0. The van der Waals surface area contributed by atoms with Crippen molar-refractivity contribution in [3.8, 4) is 17.2 Å². The molecule has 0 spiro atoms. The van der Waals surface area contributed by atoms with E-state index in [4.69, 9.17) is 14.2 Å². The number of ether oxygens (including phenoxy) is 3. The van der Waals surface area contributed by atoms with Gasteiger partial charge in [0.1, 0.15) is 19.0 Å². The largest absolute Gasteiger partial charge is 0.497 e. The van der Waals surface area contributed by atoms with E-state index in [1.807, 2.05) is 30.3 Å². The second-order valence-electron chi connectivity index (χ2n) is 7.28. The molecule has 2 aromatic rings. The van der Waals surface area contributed by atoms with Gasteiger partial charge in [0, 0.05) is 38.3 Å². The maximum Gasteiger partial charge on any atom is 0.228 e. The molecule has 7 heteroatoms. The molecule has 2 aromatic carbocycles. The molecule has 2 aliphatic rings. The number of hydrogen-bond donors (Lipinski definition) is 0. The monoisotopic (exact) mass is 396 g/mol. The molecule has 0 N–H and O–H groups in total. The van der Waals surface area contributed by atoms with Crippen molar-refractivity contribution >= 4 is 17.5 Å². The molecule has 152 valence electrons. The molecule has 0 aliphatic carbocycles. The highest BCUT2D eigenvalue weighted by Crippen LogP contribution is 2.36. The van der Waals surface area contributed by atoms with Crippen molar-refractivity contribution in [2.45, 2.75) is 13.0 Å². The molecule has 1 saturated heterocycles. The lowest BCUT2D eigenvalue weighted by molar-refractivity contribution is -0.135. The zero-order chi connectivity index (χ0) is 20.4. The van der Waals surface area contributed by atoms with Gasteiger partial charge >= 0.3 is 0 Å². The maximum atomic E-state index is 12.9. The van der Waals surface area contributed by atoms with Crippen LogP contribution in [0.2, 0.25) is 0 Å². The highest BCUT2D eigenvalue weighted by molar-refractivity contribution is 6.00. The van der Waals surface area contributed by atoms with E-state index in [0.29, 0.717) is 37.8 Å². The van der Waals surface area contributed by atoms with E-state index in [1.54, 1.807) is 36.1 Å². The fraction of sp³-hybridized carbons (Fsp3) is 0.364. The zero-order valence-electron chi connectivity index (χ0n) is 16.6. The van der Waals surface area contributed by atoms with E-state index >= 15 is 0 Å². The third kappa shape index (κ3) is 3.99. The number of rotatable bonds is 5. The van der Waals surface area contributed by atoms with E-state index in [-0.39, 0.29) is 24.2 Å². The topological polar surface area (TPSA) is 68.3 Å². The molecule has 0 aromatic heterocycles. The second kappa shape index (κ2) is 8.03. The Morgan fingerprint density at radius 2 is 1.97 bits per heavy atom. The van der Waals surface area contributed by atoms with Crippen LogP contribution in [0.4, 0.5) is 5.69 Å². The summed E-state index contributed by atoms with van der Waals surface area (Å²) in [5.41, 5.74) is 1.71. The SMILES string of the molecule is COc1cccc(CN(C)C(=O)[C@H]2CC(=O)N(c3ccc4c(c3)OCCO4)C2)c1. The summed E-state index contributed by atoms with van der Waals surface area (Å²) in [6.07, 6.45) is 0.204. The lowest BCUT2D eigenvalue weighted by atomic mass is 10.1. The number of carbonyl (C=O) groups is 2. The van der Waals surface area contributed by atoms with Gasteiger partial charge in [0.05, 0.1) is 13.0 Å². The average molecular weight is 396 g/mol. The zero-order valence-corrected chi connectivity index (χ0v) is 16.6. The number of anilines is 1. The summed E-state index contributed by atoms with van der Waals surface area (Å²) in [5.74, 6) is 1.59. The summed E-state index contributed by atoms with van der Waals surface area (Å²) >= 11 is 0. The summed E-state index contributed by atoms with van der Waals surface area (Å²) in [6, 6.07) is 13.1. The van der Waals surface area contributed by atoms with Crippen LogP contribution in [0.3, 0.4) is 0 Å². The molecular formula is C22H24N2O5. The number of fused-ring (bicyclic) bond motifs is 1. The van der Waals surface area contributed by atoms with Crippen molar-refractivity contribution in [1.29, 1.82) is 0 Å². The Kier molecular flexibility index (Phi) is 5.29. The Hall–Kier alpha value is -3.22. The Balaban J connectivity index is 1.43. The number of amides is 2. The molecular weight excluding hydrogens is 372 g/mol. The van der Waals surface area contributed by atoms with Gasteiger partial charge in [0.2, 0.25) is 11.8 Å². The lowest BCUT2D eigenvalue weighted by Crippen LogP contribution is -2.34. The van der Waals surface area contributed by atoms with Gasteiger partial charge in [-0.1, -0.05) is 12.1 Å². The van der Waals surface area contributed by atoms with Crippen molar-refractivity contribution in [3.05, 3.63) is 48.0 Å². The minimum Gasteiger partial charge on any atom is -0.497 e. The van der Waals surface area contributed by atoms with Crippen LogP contribution in [0, 0.1) is 5.92 Å².